The minimum atomic E-state index is -0.782. The zero-order valence-electron chi connectivity index (χ0n) is 11.8. The summed E-state index contributed by atoms with van der Waals surface area (Å²) in [4.78, 5) is 11.1. The summed E-state index contributed by atoms with van der Waals surface area (Å²) in [6.07, 6.45) is 0.0619. The molecule has 4 N–H and O–H groups in total. The minimum Gasteiger partial charge on any atom is -0.441 e. The summed E-state index contributed by atoms with van der Waals surface area (Å²) >= 11 is 0. The van der Waals surface area contributed by atoms with E-state index in [-0.39, 0.29) is 6.04 Å². The second kappa shape index (κ2) is 7.45. The second-order valence-electron chi connectivity index (χ2n) is 5.02. The maximum absolute atomic E-state index is 11.1. The van der Waals surface area contributed by atoms with E-state index in [2.05, 4.69) is 0 Å². The van der Waals surface area contributed by atoms with Gasteiger partial charge in [-0.15, -0.1) is 0 Å². The molecule has 0 radical (unpaired) electrons. The van der Waals surface area contributed by atoms with Crippen molar-refractivity contribution in [3.63, 3.8) is 0 Å². The van der Waals surface area contributed by atoms with Crippen molar-refractivity contribution in [2.75, 3.05) is 0 Å². The lowest BCUT2D eigenvalue weighted by atomic mass is 9.97. The molecule has 1 amide bonds. The Morgan fingerprint density at radius 2 is 1.57 bits per heavy atom. The highest BCUT2D eigenvalue weighted by Gasteiger charge is 2.19. The Balaban J connectivity index is 2.03. The van der Waals surface area contributed by atoms with Crippen LogP contribution < -0.4 is 11.5 Å². The number of ether oxygens (including phenoxy) is 1. The number of nitrogens with two attached hydrogens (primary N) is 2. The number of primary amides is 1. The van der Waals surface area contributed by atoms with Gasteiger partial charge in [0, 0.05) is 12.5 Å². The van der Waals surface area contributed by atoms with Gasteiger partial charge < -0.3 is 16.2 Å². The monoisotopic (exact) mass is 284 g/mol. The highest BCUT2D eigenvalue weighted by molar-refractivity contribution is 5.65. The lowest BCUT2D eigenvalue weighted by Crippen LogP contribution is -2.28. The molecule has 2 aromatic rings. The summed E-state index contributed by atoms with van der Waals surface area (Å²) in [5.74, 6) is 0. The van der Waals surface area contributed by atoms with E-state index < -0.39 is 12.2 Å². The van der Waals surface area contributed by atoms with Gasteiger partial charge in [0.1, 0.15) is 6.10 Å². The standard InChI is InChI=1S/C17H20N2O2/c18-15(11-13-7-3-1-4-8-13)12-16(21-17(19)20)14-9-5-2-6-10-14/h1-10,15-16H,11-12,18H2,(H2,19,20)/t15-,16?/m1/s1. The van der Waals surface area contributed by atoms with E-state index in [0.717, 1.165) is 17.5 Å². The first-order valence-corrected chi connectivity index (χ1v) is 6.95. The van der Waals surface area contributed by atoms with E-state index in [0.29, 0.717) is 6.42 Å². The average molecular weight is 284 g/mol. The summed E-state index contributed by atoms with van der Waals surface area (Å²) in [5.41, 5.74) is 13.4. The van der Waals surface area contributed by atoms with Crippen LogP contribution in [0.1, 0.15) is 23.7 Å². The molecule has 0 saturated carbocycles. The van der Waals surface area contributed by atoms with Gasteiger partial charge in [0.15, 0.2) is 0 Å². The van der Waals surface area contributed by atoms with Crippen LogP contribution in [0.3, 0.4) is 0 Å². The first-order chi connectivity index (χ1) is 10.1. The Bertz CT molecular complexity index is 558. The van der Waals surface area contributed by atoms with E-state index in [1.807, 2.05) is 60.7 Å². The van der Waals surface area contributed by atoms with Crippen LogP contribution in [0.4, 0.5) is 4.79 Å². The SMILES string of the molecule is NC(=O)OC(C[C@H](N)Cc1ccccc1)c1ccccc1. The van der Waals surface area contributed by atoms with E-state index in [1.165, 1.54) is 0 Å². The van der Waals surface area contributed by atoms with E-state index in [1.54, 1.807) is 0 Å². The Kier molecular flexibility index (Phi) is 5.35. The summed E-state index contributed by atoms with van der Waals surface area (Å²) < 4.78 is 5.20. The average Bonchev–Trinajstić information content (AvgIpc) is 2.48. The number of hydrogen-bond donors (Lipinski definition) is 2. The third-order valence-electron chi connectivity index (χ3n) is 3.29. The quantitative estimate of drug-likeness (QED) is 0.856. The lowest BCUT2D eigenvalue weighted by molar-refractivity contribution is 0.0968. The van der Waals surface area contributed by atoms with Gasteiger partial charge in [-0.1, -0.05) is 60.7 Å². The molecule has 0 fully saturated rings. The van der Waals surface area contributed by atoms with Gasteiger partial charge in [0.25, 0.3) is 0 Å². The number of hydrogen-bond acceptors (Lipinski definition) is 3. The van der Waals surface area contributed by atoms with Crippen molar-refractivity contribution in [2.24, 2.45) is 11.5 Å². The van der Waals surface area contributed by atoms with E-state index >= 15 is 0 Å². The highest BCUT2D eigenvalue weighted by atomic mass is 16.6. The van der Waals surface area contributed by atoms with E-state index in [4.69, 9.17) is 16.2 Å². The molecular weight excluding hydrogens is 264 g/mol. The van der Waals surface area contributed by atoms with Crippen LogP contribution in [0.15, 0.2) is 60.7 Å². The number of rotatable bonds is 6. The van der Waals surface area contributed by atoms with Crippen molar-refractivity contribution < 1.29 is 9.53 Å². The molecular formula is C17H20N2O2. The molecule has 0 aliphatic heterocycles. The zero-order chi connectivity index (χ0) is 15.1. The number of carbonyl (C=O) groups is 1. The van der Waals surface area contributed by atoms with Crippen molar-refractivity contribution in [3.05, 3.63) is 71.8 Å². The van der Waals surface area contributed by atoms with Crippen molar-refractivity contribution >= 4 is 6.09 Å². The zero-order valence-corrected chi connectivity index (χ0v) is 11.8. The summed E-state index contributed by atoms with van der Waals surface area (Å²) in [7, 11) is 0. The first kappa shape index (κ1) is 15.1. The van der Waals surface area contributed by atoms with Crippen LogP contribution in [0, 0.1) is 0 Å². The molecule has 0 heterocycles. The fourth-order valence-electron chi connectivity index (χ4n) is 2.34. The molecule has 110 valence electrons. The van der Waals surface area contributed by atoms with Gasteiger partial charge in [0.05, 0.1) is 0 Å². The number of benzene rings is 2. The number of carbonyl (C=O) groups excluding carboxylic acids is 1. The topological polar surface area (TPSA) is 78.3 Å². The Labute approximate surface area is 124 Å². The predicted octanol–water partition coefficient (Wildman–Crippen LogP) is 2.78. The van der Waals surface area contributed by atoms with Gasteiger partial charge in [-0.3, -0.25) is 0 Å². The van der Waals surface area contributed by atoms with Gasteiger partial charge >= 0.3 is 6.09 Å². The predicted molar refractivity (Wildman–Crippen MR) is 82.6 cm³/mol. The fourth-order valence-corrected chi connectivity index (χ4v) is 2.34. The third kappa shape index (κ3) is 4.93. The molecule has 21 heavy (non-hydrogen) atoms. The molecule has 0 aliphatic carbocycles. The third-order valence-corrected chi connectivity index (χ3v) is 3.29. The molecule has 2 aromatic carbocycles. The summed E-state index contributed by atoms with van der Waals surface area (Å²) in [6, 6.07) is 19.4. The molecule has 0 aromatic heterocycles. The van der Waals surface area contributed by atoms with Crippen molar-refractivity contribution in [3.8, 4) is 0 Å². The molecule has 0 aliphatic rings. The molecule has 0 spiro atoms. The Morgan fingerprint density at radius 3 is 2.14 bits per heavy atom. The molecule has 4 heteroatoms. The smallest absolute Gasteiger partial charge is 0.405 e. The van der Waals surface area contributed by atoms with Gasteiger partial charge in [-0.05, 0) is 17.5 Å². The van der Waals surface area contributed by atoms with Crippen LogP contribution in [0.5, 0.6) is 0 Å². The van der Waals surface area contributed by atoms with Crippen LogP contribution in [-0.4, -0.2) is 12.1 Å². The summed E-state index contributed by atoms with van der Waals surface area (Å²) in [6.45, 7) is 0. The van der Waals surface area contributed by atoms with Crippen molar-refractivity contribution in [2.45, 2.75) is 25.0 Å². The van der Waals surface area contributed by atoms with Gasteiger partial charge in [-0.2, -0.15) is 0 Å². The Morgan fingerprint density at radius 1 is 1.00 bits per heavy atom. The fraction of sp³-hybridized carbons (Fsp3) is 0.235. The highest BCUT2D eigenvalue weighted by Crippen LogP contribution is 2.23. The van der Waals surface area contributed by atoms with E-state index in [9.17, 15) is 4.79 Å². The Hall–Kier alpha value is -2.33. The molecule has 4 nitrogen and oxygen atoms in total. The van der Waals surface area contributed by atoms with Crippen LogP contribution in [0.2, 0.25) is 0 Å². The van der Waals surface area contributed by atoms with Gasteiger partial charge in [0.2, 0.25) is 0 Å². The first-order valence-electron chi connectivity index (χ1n) is 6.95. The maximum atomic E-state index is 11.1. The molecule has 0 bridgehead atoms. The van der Waals surface area contributed by atoms with Crippen molar-refractivity contribution in [1.82, 2.24) is 0 Å². The largest absolute Gasteiger partial charge is 0.441 e. The molecule has 2 atom stereocenters. The lowest BCUT2D eigenvalue weighted by Gasteiger charge is -2.21. The van der Waals surface area contributed by atoms with Gasteiger partial charge in [-0.25, -0.2) is 4.79 Å². The van der Waals surface area contributed by atoms with Crippen LogP contribution in [0.25, 0.3) is 0 Å². The van der Waals surface area contributed by atoms with Crippen LogP contribution in [-0.2, 0) is 11.2 Å². The molecule has 1 unspecified atom stereocenters. The minimum absolute atomic E-state index is 0.114. The number of amides is 1. The van der Waals surface area contributed by atoms with Crippen molar-refractivity contribution in [1.29, 1.82) is 0 Å². The maximum Gasteiger partial charge on any atom is 0.405 e. The molecule has 2 rings (SSSR count). The normalized spacial score (nSPS) is 13.4. The molecule has 0 saturated heterocycles. The van der Waals surface area contributed by atoms with Crippen LogP contribution >= 0.6 is 0 Å². The second-order valence-corrected chi connectivity index (χ2v) is 5.02. The summed E-state index contributed by atoms with van der Waals surface area (Å²) in [5, 5.41) is 0.